The molecular weight excluding hydrogens is 549 g/mol. The second-order valence-electron chi connectivity index (χ2n) is 11.3. The van der Waals surface area contributed by atoms with Gasteiger partial charge < -0.3 is 20.8 Å². The predicted molar refractivity (Wildman–Crippen MR) is 152 cm³/mol. The van der Waals surface area contributed by atoms with Gasteiger partial charge in [-0.2, -0.15) is 0 Å². The van der Waals surface area contributed by atoms with E-state index >= 15 is 4.39 Å². The van der Waals surface area contributed by atoms with Gasteiger partial charge in [-0.1, -0.05) is 24.3 Å². The van der Waals surface area contributed by atoms with Gasteiger partial charge >= 0.3 is 5.69 Å². The number of primary amides is 1. The molecule has 0 saturated heterocycles. The summed E-state index contributed by atoms with van der Waals surface area (Å²) in [5.74, 6) is -4.59. The summed E-state index contributed by atoms with van der Waals surface area (Å²) >= 11 is 0. The Bertz CT molecular complexity index is 2050. The number of aromatic nitrogens is 3. The first-order chi connectivity index (χ1) is 19.8. The number of nitrogens with zero attached hydrogens (tertiary/aromatic N) is 1. The highest BCUT2D eigenvalue weighted by Gasteiger charge is 2.42. The van der Waals surface area contributed by atoms with Crippen molar-refractivity contribution in [2.24, 2.45) is 5.73 Å². The highest BCUT2D eigenvalue weighted by molar-refractivity contribution is 5.91. The van der Waals surface area contributed by atoms with Gasteiger partial charge in [0.25, 0.3) is 5.56 Å². The van der Waals surface area contributed by atoms with E-state index in [1.807, 2.05) is 0 Å². The number of H-pyrrole nitrogens is 2. The fourth-order valence-electron chi connectivity index (χ4n) is 6.18. The van der Waals surface area contributed by atoms with Crippen molar-refractivity contribution < 1.29 is 23.1 Å². The van der Waals surface area contributed by atoms with Crippen molar-refractivity contribution in [2.45, 2.75) is 50.8 Å². The van der Waals surface area contributed by atoms with E-state index in [9.17, 15) is 28.3 Å². The van der Waals surface area contributed by atoms with E-state index in [0.29, 0.717) is 44.9 Å². The number of nitrogens with two attached hydrogens (primary N) is 1. The zero-order valence-corrected chi connectivity index (χ0v) is 22.9. The van der Waals surface area contributed by atoms with Gasteiger partial charge in [-0.25, -0.2) is 22.5 Å². The Kier molecular flexibility index (Phi) is 6.19. The molecule has 11 heteroatoms. The Labute approximate surface area is 236 Å². The number of amides is 1. The maximum atomic E-state index is 16.2. The van der Waals surface area contributed by atoms with Crippen molar-refractivity contribution in [3.63, 3.8) is 0 Å². The first-order valence-electron chi connectivity index (χ1n) is 13.3. The first kappa shape index (κ1) is 27.5. The lowest BCUT2D eigenvalue weighted by Crippen LogP contribution is -2.35. The molecule has 216 valence electrons. The fourth-order valence-corrected chi connectivity index (χ4v) is 6.18. The van der Waals surface area contributed by atoms with E-state index in [4.69, 9.17) is 5.73 Å². The number of fused-ring (bicyclic) bond motifs is 4. The summed E-state index contributed by atoms with van der Waals surface area (Å²) in [5, 5.41) is 10.8. The number of carbonyl (C=O) groups is 1. The van der Waals surface area contributed by atoms with Crippen molar-refractivity contribution in [3.05, 3.63) is 109 Å². The second-order valence-corrected chi connectivity index (χ2v) is 11.3. The summed E-state index contributed by atoms with van der Waals surface area (Å²) in [4.78, 5) is 44.4. The number of rotatable bonds is 4. The Balaban J connectivity index is 1.60. The van der Waals surface area contributed by atoms with Crippen LogP contribution in [0.3, 0.4) is 0 Å². The zero-order valence-electron chi connectivity index (χ0n) is 22.9. The van der Waals surface area contributed by atoms with E-state index in [-0.39, 0.29) is 17.5 Å². The van der Waals surface area contributed by atoms with Gasteiger partial charge in [0, 0.05) is 28.6 Å². The van der Waals surface area contributed by atoms with Gasteiger partial charge in [0.05, 0.1) is 28.1 Å². The number of hydrogen-bond acceptors (Lipinski definition) is 4. The molecule has 42 heavy (non-hydrogen) atoms. The van der Waals surface area contributed by atoms with Crippen LogP contribution in [0.2, 0.25) is 0 Å². The SMILES string of the molecule is Cc1c(C2c3c([nH]c4cc(C(C)(C)O)ccc34)C(C(N)=O)CC2F)cccc1-n1c(=O)[nH]c2c(F)cc(F)cc2c1=O. The van der Waals surface area contributed by atoms with Gasteiger partial charge in [-0.3, -0.25) is 9.59 Å². The third-order valence-electron chi connectivity index (χ3n) is 8.25. The van der Waals surface area contributed by atoms with Crippen molar-refractivity contribution in [1.82, 2.24) is 14.5 Å². The predicted octanol–water partition coefficient (Wildman–Crippen LogP) is 4.42. The largest absolute Gasteiger partial charge is 0.386 e. The Morgan fingerprint density at radius 1 is 1.07 bits per heavy atom. The highest BCUT2D eigenvalue weighted by Crippen LogP contribution is 2.48. The molecule has 0 aliphatic heterocycles. The molecule has 0 spiro atoms. The van der Waals surface area contributed by atoms with Crippen LogP contribution in [-0.2, 0) is 10.4 Å². The molecule has 0 radical (unpaired) electrons. The van der Waals surface area contributed by atoms with Crippen LogP contribution in [0, 0.1) is 18.6 Å². The van der Waals surface area contributed by atoms with Crippen LogP contribution in [-0.4, -0.2) is 31.7 Å². The molecule has 5 aromatic rings. The van der Waals surface area contributed by atoms with Crippen molar-refractivity contribution >= 4 is 27.7 Å². The minimum Gasteiger partial charge on any atom is -0.386 e. The Morgan fingerprint density at radius 3 is 2.50 bits per heavy atom. The van der Waals surface area contributed by atoms with Crippen LogP contribution in [0.1, 0.15) is 60.1 Å². The van der Waals surface area contributed by atoms with Crippen LogP contribution in [0.5, 0.6) is 0 Å². The van der Waals surface area contributed by atoms with Crippen LogP contribution >= 0.6 is 0 Å². The number of alkyl halides is 1. The fraction of sp³-hybridized carbons (Fsp3) is 0.258. The molecule has 0 fully saturated rings. The summed E-state index contributed by atoms with van der Waals surface area (Å²) in [7, 11) is 0. The molecule has 0 saturated carbocycles. The molecule has 6 rings (SSSR count). The highest BCUT2D eigenvalue weighted by atomic mass is 19.1. The molecule has 2 aromatic heterocycles. The molecule has 3 aromatic carbocycles. The molecule has 1 aliphatic rings. The maximum Gasteiger partial charge on any atom is 0.333 e. The van der Waals surface area contributed by atoms with Crippen LogP contribution < -0.4 is 17.0 Å². The summed E-state index contributed by atoms with van der Waals surface area (Å²) in [6, 6.07) is 11.4. The minimum absolute atomic E-state index is 0.111. The standard InChI is InChI=1S/C31H27F3N4O4/c1-13-16(5-4-6-23(13)38-29(40)19-10-15(32)11-21(34)26(19)37-30(38)41)24-20(33)12-18(28(35)39)27-25(24)17-8-7-14(31(2,3)42)9-22(17)36-27/h4-11,18,20,24,36,42H,12H2,1-3H3,(H2,35,39)(H,37,41). The molecule has 8 nitrogen and oxygen atoms in total. The first-order valence-corrected chi connectivity index (χ1v) is 13.3. The van der Waals surface area contributed by atoms with Crippen LogP contribution in [0.25, 0.3) is 27.5 Å². The second kappa shape index (κ2) is 9.45. The number of benzene rings is 3. The Morgan fingerprint density at radius 2 is 1.81 bits per heavy atom. The minimum atomic E-state index is -1.56. The van der Waals surface area contributed by atoms with E-state index in [1.54, 1.807) is 51.1 Å². The van der Waals surface area contributed by atoms with E-state index < -0.39 is 57.9 Å². The van der Waals surface area contributed by atoms with Gasteiger partial charge in [0.2, 0.25) is 5.91 Å². The smallest absolute Gasteiger partial charge is 0.333 e. The average Bonchev–Trinajstić information content (AvgIpc) is 3.28. The topological polar surface area (TPSA) is 134 Å². The van der Waals surface area contributed by atoms with Crippen molar-refractivity contribution in [2.75, 3.05) is 0 Å². The van der Waals surface area contributed by atoms with Gasteiger partial charge in [-0.15, -0.1) is 0 Å². The molecule has 1 aliphatic carbocycles. The molecule has 2 heterocycles. The summed E-state index contributed by atoms with van der Waals surface area (Å²) in [5.41, 5.74) is 5.36. The third-order valence-corrected chi connectivity index (χ3v) is 8.25. The van der Waals surface area contributed by atoms with E-state index in [2.05, 4.69) is 9.97 Å². The third kappa shape index (κ3) is 4.14. The molecule has 1 amide bonds. The molecule has 5 N–H and O–H groups in total. The number of nitrogens with one attached hydrogen (secondary N) is 2. The number of aliphatic hydroxyl groups is 1. The lowest BCUT2D eigenvalue weighted by Gasteiger charge is -2.32. The molecule has 3 atom stereocenters. The monoisotopic (exact) mass is 576 g/mol. The van der Waals surface area contributed by atoms with E-state index in [0.717, 1.165) is 10.6 Å². The van der Waals surface area contributed by atoms with Gasteiger partial charge in [0.15, 0.2) is 5.82 Å². The number of aromatic amines is 2. The molecular formula is C31H27F3N4O4. The maximum absolute atomic E-state index is 16.2. The van der Waals surface area contributed by atoms with Gasteiger partial charge in [-0.05, 0) is 67.6 Å². The summed E-state index contributed by atoms with van der Waals surface area (Å²) in [6.07, 6.45) is -1.76. The zero-order chi connectivity index (χ0) is 30.2. The van der Waals surface area contributed by atoms with E-state index in [1.165, 1.54) is 6.07 Å². The van der Waals surface area contributed by atoms with Crippen molar-refractivity contribution in [3.8, 4) is 5.69 Å². The summed E-state index contributed by atoms with van der Waals surface area (Å²) in [6.45, 7) is 4.90. The number of hydrogen-bond donors (Lipinski definition) is 4. The number of halogens is 3. The molecule has 0 bridgehead atoms. The van der Waals surface area contributed by atoms with Crippen LogP contribution in [0.15, 0.2) is 58.1 Å². The molecule has 3 unspecified atom stereocenters. The Hall–Kier alpha value is -4.64. The lowest BCUT2D eigenvalue weighted by molar-refractivity contribution is -0.120. The lowest BCUT2D eigenvalue weighted by atomic mass is 9.73. The number of carbonyl (C=O) groups excluding carboxylic acids is 1. The summed E-state index contributed by atoms with van der Waals surface area (Å²) < 4.78 is 45.3. The van der Waals surface area contributed by atoms with Crippen LogP contribution in [0.4, 0.5) is 13.2 Å². The van der Waals surface area contributed by atoms with Gasteiger partial charge in [0.1, 0.15) is 12.0 Å². The quantitative estimate of drug-likeness (QED) is 0.252. The average molecular weight is 577 g/mol. The normalized spacial score (nSPS) is 18.9. The van der Waals surface area contributed by atoms with Crippen molar-refractivity contribution in [1.29, 1.82) is 0 Å².